The molecule has 1 aromatic rings. The van der Waals surface area contributed by atoms with Crippen molar-refractivity contribution in [3.8, 4) is 0 Å². The normalized spacial score (nSPS) is 9.55. The van der Waals surface area contributed by atoms with Crippen molar-refractivity contribution in [3.63, 3.8) is 0 Å². The summed E-state index contributed by atoms with van der Waals surface area (Å²) in [4.78, 5) is 9.79. The monoisotopic (exact) mass is 218 g/mol. The summed E-state index contributed by atoms with van der Waals surface area (Å²) in [7, 11) is 0. The minimum absolute atomic E-state index is 0.278. The highest BCUT2D eigenvalue weighted by molar-refractivity contribution is 9.08. The van der Waals surface area contributed by atoms with E-state index in [4.69, 9.17) is 4.42 Å². The Hall–Kier alpha value is -0.770. The quantitative estimate of drug-likeness (QED) is 0.572. The van der Waals surface area contributed by atoms with Crippen LogP contribution >= 0.6 is 15.9 Å². The third-order valence-corrected chi connectivity index (χ3v) is 1.71. The molecule has 0 saturated carbocycles. The van der Waals surface area contributed by atoms with Gasteiger partial charge in [-0.2, -0.15) is 0 Å². The molecule has 0 spiro atoms. The van der Waals surface area contributed by atoms with Crippen molar-refractivity contribution in [2.24, 2.45) is 0 Å². The Balaban J connectivity index is 2.50. The molecule has 0 aliphatic heterocycles. The van der Waals surface area contributed by atoms with E-state index < -0.39 is 0 Å². The first-order valence-electron chi connectivity index (χ1n) is 3.04. The molecule has 0 aliphatic carbocycles. The van der Waals surface area contributed by atoms with E-state index in [1.165, 1.54) is 0 Å². The molecule has 0 atom stereocenters. The lowest BCUT2D eigenvalue weighted by Crippen LogP contribution is -1.86. The Kier molecular flexibility index (Phi) is 3.16. The van der Waals surface area contributed by atoms with Crippen molar-refractivity contribution in [2.75, 3.05) is 0 Å². The summed E-state index contributed by atoms with van der Waals surface area (Å²) >= 11 is 3.23. The van der Waals surface area contributed by atoms with Crippen LogP contribution in [0.2, 0.25) is 0 Å². The number of furan rings is 1. The zero-order chi connectivity index (χ0) is 8.10. The van der Waals surface area contributed by atoms with Crippen molar-refractivity contribution >= 4 is 22.4 Å². The number of carbonyl (C=O) groups excluding carboxylic acids is 1. The lowest BCUT2D eigenvalue weighted by atomic mass is 10.3. The predicted molar refractivity (Wildman–Crippen MR) is 42.2 cm³/mol. The van der Waals surface area contributed by atoms with Gasteiger partial charge >= 0.3 is 0 Å². The molecule has 1 rings (SSSR count). The van der Waals surface area contributed by atoms with Crippen molar-refractivity contribution in [2.45, 2.75) is 11.9 Å². The number of hydrogen-bond donors (Lipinski definition) is 0. The van der Waals surface area contributed by atoms with E-state index in [0.717, 1.165) is 11.3 Å². The maximum Gasteiger partial charge on any atom is 0.293 e. The largest absolute Gasteiger partial charge is 0.468 e. The number of rotatable bonds is 4. The molecule has 1 heterocycles. The van der Waals surface area contributed by atoms with Gasteiger partial charge in [0.15, 0.2) is 0 Å². The Labute approximate surface area is 72.5 Å². The fourth-order valence-corrected chi connectivity index (χ4v) is 0.996. The van der Waals surface area contributed by atoms with E-state index in [2.05, 4.69) is 20.7 Å². The molecule has 60 valence electrons. The molecule has 0 unspecified atom stereocenters. The Morgan fingerprint density at radius 1 is 1.73 bits per heavy atom. The molecule has 0 N–H and O–H groups in total. The van der Waals surface area contributed by atoms with Crippen molar-refractivity contribution < 1.29 is 13.9 Å². The van der Waals surface area contributed by atoms with Gasteiger partial charge in [-0.3, -0.25) is 4.79 Å². The average Bonchev–Trinajstić information content (AvgIpc) is 2.48. The van der Waals surface area contributed by atoms with Gasteiger partial charge in [-0.05, 0) is 6.07 Å². The lowest BCUT2D eigenvalue weighted by molar-refractivity contribution is -0.129. The van der Waals surface area contributed by atoms with E-state index in [1.54, 1.807) is 6.26 Å². The lowest BCUT2D eigenvalue weighted by Gasteiger charge is -1.90. The maximum absolute atomic E-state index is 9.79. The van der Waals surface area contributed by atoms with Crippen molar-refractivity contribution in [3.05, 3.63) is 23.7 Å². The van der Waals surface area contributed by atoms with Gasteiger partial charge in [0, 0.05) is 5.56 Å². The number of alkyl halides is 1. The molecule has 4 heteroatoms. The van der Waals surface area contributed by atoms with Crippen LogP contribution in [0.25, 0.3) is 0 Å². The topological polar surface area (TPSA) is 39.4 Å². The third kappa shape index (κ3) is 2.38. The van der Waals surface area contributed by atoms with Gasteiger partial charge < -0.3 is 9.15 Å². The van der Waals surface area contributed by atoms with Crippen molar-refractivity contribution in [1.82, 2.24) is 0 Å². The van der Waals surface area contributed by atoms with E-state index >= 15 is 0 Å². The van der Waals surface area contributed by atoms with Gasteiger partial charge in [-0.25, -0.2) is 0 Å². The third-order valence-electron chi connectivity index (χ3n) is 1.16. The highest BCUT2D eigenvalue weighted by Crippen LogP contribution is 2.11. The first-order valence-corrected chi connectivity index (χ1v) is 4.16. The highest BCUT2D eigenvalue weighted by atomic mass is 79.9. The summed E-state index contributed by atoms with van der Waals surface area (Å²) < 4.78 is 9.59. The summed E-state index contributed by atoms with van der Waals surface area (Å²) in [5.41, 5.74) is 0.867. The number of halogens is 1. The van der Waals surface area contributed by atoms with Crippen LogP contribution in [0.3, 0.4) is 0 Å². The second-order valence-corrected chi connectivity index (χ2v) is 2.52. The molecule has 3 nitrogen and oxygen atoms in total. The van der Waals surface area contributed by atoms with Gasteiger partial charge in [-0.1, -0.05) is 15.9 Å². The van der Waals surface area contributed by atoms with Crippen LogP contribution in [0.5, 0.6) is 0 Å². The fraction of sp³-hybridized carbons (Fsp3) is 0.286. The molecule has 11 heavy (non-hydrogen) atoms. The van der Waals surface area contributed by atoms with Crippen LogP contribution in [0, 0.1) is 0 Å². The molecular weight excluding hydrogens is 212 g/mol. The minimum atomic E-state index is 0.278. The number of carbonyl (C=O) groups is 1. The van der Waals surface area contributed by atoms with Crippen LogP contribution in [0.1, 0.15) is 11.3 Å². The SMILES string of the molecule is O=COCc1coc(CBr)c1. The van der Waals surface area contributed by atoms with Gasteiger partial charge in [0.05, 0.1) is 11.6 Å². The van der Waals surface area contributed by atoms with E-state index in [9.17, 15) is 4.79 Å². The minimum Gasteiger partial charge on any atom is -0.468 e. The smallest absolute Gasteiger partial charge is 0.293 e. The molecular formula is C7H7BrO3. The summed E-state index contributed by atoms with van der Waals surface area (Å²) in [6, 6.07) is 1.83. The predicted octanol–water partition coefficient (Wildman–Crippen LogP) is 1.85. The molecule has 0 saturated heterocycles. The summed E-state index contributed by atoms with van der Waals surface area (Å²) in [5, 5.41) is 0.675. The fourth-order valence-electron chi connectivity index (χ4n) is 0.702. The highest BCUT2D eigenvalue weighted by Gasteiger charge is 1.99. The second kappa shape index (κ2) is 4.18. The molecule has 0 amide bonds. The van der Waals surface area contributed by atoms with Gasteiger partial charge in [0.1, 0.15) is 12.4 Å². The van der Waals surface area contributed by atoms with Crippen LogP contribution in [0.4, 0.5) is 0 Å². The average molecular weight is 219 g/mol. The van der Waals surface area contributed by atoms with E-state index in [0.29, 0.717) is 11.8 Å². The molecule has 0 radical (unpaired) electrons. The Morgan fingerprint density at radius 3 is 3.09 bits per heavy atom. The molecule has 0 aliphatic rings. The Bertz CT molecular complexity index is 231. The molecule has 1 aromatic heterocycles. The molecule has 0 aromatic carbocycles. The van der Waals surface area contributed by atoms with Crippen LogP contribution in [-0.2, 0) is 21.5 Å². The summed E-state index contributed by atoms with van der Waals surface area (Å²) in [5.74, 6) is 0.828. The van der Waals surface area contributed by atoms with Crippen LogP contribution in [-0.4, -0.2) is 6.47 Å². The van der Waals surface area contributed by atoms with E-state index in [1.807, 2.05) is 6.07 Å². The standard InChI is InChI=1S/C7H7BrO3/c8-2-7-1-6(4-11-7)3-10-5-9/h1,4-5H,2-3H2. The van der Waals surface area contributed by atoms with Gasteiger partial charge in [0.25, 0.3) is 6.47 Å². The number of ether oxygens (including phenoxy) is 1. The maximum atomic E-state index is 9.79. The van der Waals surface area contributed by atoms with Gasteiger partial charge in [-0.15, -0.1) is 0 Å². The zero-order valence-corrected chi connectivity index (χ0v) is 7.33. The van der Waals surface area contributed by atoms with Crippen LogP contribution < -0.4 is 0 Å². The van der Waals surface area contributed by atoms with E-state index in [-0.39, 0.29) is 6.61 Å². The zero-order valence-electron chi connectivity index (χ0n) is 5.75. The second-order valence-electron chi connectivity index (χ2n) is 1.96. The summed E-state index contributed by atoms with van der Waals surface area (Å²) in [6.45, 7) is 0.695. The summed E-state index contributed by atoms with van der Waals surface area (Å²) in [6.07, 6.45) is 1.57. The van der Waals surface area contributed by atoms with Crippen LogP contribution in [0.15, 0.2) is 16.7 Å². The van der Waals surface area contributed by atoms with Crippen molar-refractivity contribution in [1.29, 1.82) is 0 Å². The first-order chi connectivity index (χ1) is 5.36. The van der Waals surface area contributed by atoms with Gasteiger partial charge in [0.2, 0.25) is 0 Å². The molecule has 0 bridgehead atoms. The number of hydrogen-bond acceptors (Lipinski definition) is 3. The first kappa shape index (κ1) is 8.33. The Morgan fingerprint density at radius 2 is 2.55 bits per heavy atom. The molecule has 0 fully saturated rings.